The van der Waals surface area contributed by atoms with Gasteiger partial charge < -0.3 is 28.4 Å². The summed E-state index contributed by atoms with van der Waals surface area (Å²) in [4.78, 5) is 0. The largest absolute Gasteiger partial charge is 0.379 e. The van der Waals surface area contributed by atoms with Gasteiger partial charge in [0.2, 0.25) is 0 Å². The SMILES string of the molecule is c1ccc(C2OCC(C(c3ccccc3)C3COCCOCCOCCOC3)CO2)cc1. The van der Waals surface area contributed by atoms with Gasteiger partial charge in [0.15, 0.2) is 6.29 Å². The van der Waals surface area contributed by atoms with Crippen LogP contribution in [0.2, 0.25) is 0 Å². The van der Waals surface area contributed by atoms with Crippen molar-refractivity contribution in [1.82, 2.24) is 0 Å². The van der Waals surface area contributed by atoms with Crippen LogP contribution in [0.25, 0.3) is 0 Å². The maximum absolute atomic E-state index is 6.18. The Kier molecular flexibility index (Phi) is 9.52. The number of hydrogen-bond acceptors (Lipinski definition) is 6. The lowest BCUT2D eigenvalue weighted by Crippen LogP contribution is -2.37. The van der Waals surface area contributed by atoms with Crippen LogP contribution in [-0.2, 0) is 28.4 Å². The van der Waals surface area contributed by atoms with Crippen LogP contribution in [0.1, 0.15) is 23.3 Å². The zero-order chi connectivity index (χ0) is 21.8. The van der Waals surface area contributed by atoms with Crippen molar-refractivity contribution in [3.8, 4) is 0 Å². The highest BCUT2D eigenvalue weighted by molar-refractivity contribution is 5.22. The Balaban J connectivity index is 1.46. The molecule has 2 heterocycles. The molecule has 0 aliphatic carbocycles. The fourth-order valence-corrected chi connectivity index (χ4v) is 4.42. The Morgan fingerprint density at radius 3 is 1.56 bits per heavy atom. The quantitative estimate of drug-likeness (QED) is 0.717. The average Bonchev–Trinajstić information content (AvgIpc) is 2.88. The number of hydrogen-bond donors (Lipinski definition) is 0. The zero-order valence-electron chi connectivity index (χ0n) is 18.6. The van der Waals surface area contributed by atoms with E-state index < -0.39 is 0 Å². The number of rotatable bonds is 4. The fourth-order valence-electron chi connectivity index (χ4n) is 4.42. The lowest BCUT2D eigenvalue weighted by Gasteiger charge is -2.38. The highest BCUT2D eigenvalue weighted by atomic mass is 16.7. The van der Waals surface area contributed by atoms with Crippen molar-refractivity contribution in [3.05, 3.63) is 71.8 Å². The van der Waals surface area contributed by atoms with Crippen molar-refractivity contribution in [2.24, 2.45) is 11.8 Å². The molecule has 2 saturated heterocycles. The normalized spacial score (nSPS) is 25.8. The maximum atomic E-state index is 6.18. The zero-order valence-corrected chi connectivity index (χ0v) is 18.6. The second-order valence-corrected chi connectivity index (χ2v) is 8.24. The summed E-state index contributed by atoms with van der Waals surface area (Å²) in [5, 5.41) is 0. The van der Waals surface area contributed by atoms with Crippen LogP contribution in [0.5, 0.6) is 0 Å². The molecular formula is C26H34O6. The van der Waals surface area contributed by atoms with E-state index in [1.165, 1.54) is 5.56 Å². The molecule has 1 atom stereocenters. The first-order valence-electron chi connectivity index (χ1n) is 11.6. The third-order valence-corrected chi connectivity index (χ3v) is 5.98. The Hall–Kier alpha value is -1.80. The van der Waals surface area contributed by atoms with Crippen LogP contribution < -0.4 is 0 Å². The van der Waals surface area contributed by atoms with Gasteiger partial charge in [-0.25, -0.2) is 0 Å². The summed E-state index contributed by atoms with van der Waals surface area (Å²) >= 11 is 0. The molecule has 1 unspecified atom stereocenters. The van der Waals surface area contributed by atoms with Crippen LogP contribution in [0.3, 0.4) is 0 Å². The first kappa shape index (κ1) is 23.4. The molecular weight excluding hydrogens is 408 g/mol. The smallest absolute Gasteiger partial charge is 0.183 e. The summed E-state index contributed by atoms with van der Waals surface area (Å²) < 4.78 is 35.5. The summed E-state index contributed by atoms with van der Waals surface area (Å²) in [6, 6.07) is 20.7. The molecule has 0 N–H and O–H groups in total. The molecule has 174 valence electrons. The summed E-state index contributed by atoms with van der Waals surface area (Å²) in [6.07, 6.45) is -0.314. The second kappa shape index (κ2) is 13.0. The van der Waals surface area contributed by atoms with Gasteiger partial charge in [0.1, 0.15) is 0 Å². The number of benzene rings is 2. The van der Waals surface area contributed by atoms with Gasteiger partial charge in [0.25, 0.3) is 0 Å². The molecule has 2 aromatic rings. The molecule has 32 heavy (non-hydrogen) atoms. The minimum Gasteiger partial charge on any atom is -0.379 e. The molecule has 0 aromatic heterocycles. The van der Waals surface area contributed by atoms with Crippen molar-refractivity contribution in [2.45, 2.75) is 12.2 Å². The summed E-state index contributed by atoms with van der Waals surface area (Å²) in [6.45, 7) is 5.88. The summed E-state index contributed by atoms with van der Waals surface area (Å²) in [5.41, 5.74) is 2.31. The molecule has 2 aromatic carbocycles. The van der Waals surface area contributed by atoms with E-state index in [0.717, 1.165) is 5.56 Å². The van der Waals surface area contributed by atoms with E-state index in [4.69, 9.17) is 28.4 Å². The Labute approximate surface area is 190 Å². The number of ether oxygens (including phenoxy) is 6. The molecule has 0 bridgehead atoms. The predicted octanol–water partition coefficient (Wildman–Crippen LogP) is 3.83. The van der Waals surface area contributed by atoms with Gasteiger partial charge in [-0.2, -0.15) is 0 Å². The summed E-state index contributed by atoms with van der Waals surface area (Å²) in [7, 11) is 0. The molecule has 6 heteroatoms. The minimum absolute atomic E-state index is 0.170. The third kappa shape index (κ3) is 6.85. The van der Waals surface area contributed by atoms with E-state index in [2.05, 4.69) is 24.3 Å². The van der Waals surface area contributed by atoms with Crippen LogP contribution in [0.4, 0.5) is 0 Å². The van der Waals surface area contributed by atoms with Crippen LogP contribution >= 0.6 is 0 Å². The Morgan fingerprint density at radius 1 is 0.531 bits per heavy atom. The van der Waals surface area contributed by atoms with Gasteiger partial charge in [0, 0.05) is 17.4 Å². The molecule has 6 nitrogen and oxygen atoms in total. The minimum atomic E-state index is -0.314. The van der Waals surface area contributed by atoms with Gasteiger partial charge in [-0.05, 0) is 11.5 Å². The molecule has 0 spiro atoms. The van der Waals surface area contributed by atoms with Crippen LogP contribution in [0, 0.1) is 11.8 Å². The van der Waals surface area contributed by atoms with Crippen LogP contribution in [-0.4, -0.2) is 66.1 Å². The standard InChI is InChI=1S/C26H34O6/c1-3-7-21(8-4-1)25(23-17-29-15-13-27-11-12-28-14-16-30-18-23)24-19-31-26(32-20-24)22-9-5-2-6-10-22/h1-10,23-26H,11-20H2. The van der Waals surface area contributed by atoms with Gasteiger partial charge in [-0.3, -0.25) is 0 Å². The van der Waals surface area contributed by atoms with Crippen molar-refractivity contribution in [2.75, 3.05) is 66.1 Å². The van der Waals surface area contributed by atoms with Crippen molar-refractivity contribution >= 4 is 0 Å². The van der Waals surface area contributed by atoms with Crippen molar-refractivity contribution in [1.29, 1.82) is 0 Å². The summed E-state index contributed by atoms with van der Waals surface area (Å²) in [5.74, 6) is 0.571. The van der Waals surface area contributed by atoms with Crippen molar-refractivity contribution < 1.29 is 28.4 Å². The van der Waals surface area contributed by atoms with E-state index in [1.807, 2.05) is 36.4 Å². The van der Waals surface area contributed by atoms with E-state index in [9.17, 15) is 0 Å². The van der Waals surface area contributed by atoms with Crippen molar-refractivity contribution in [3.63, 3.8) is 0 Å². The Morgan fingerprint density at radius 2 is 1.00 bits per heavy atom. The van der Waals surface area contributed by atoms with E-state index in [1.54, 1.807) is 0 Å². The third-order valence-electron chi connectivity index (χ3n) is 5.98. The molecule has 2 fully saturated rings. The molecule has 0 radical (unpaired) electrons. The molecule has 2 aliphatic heterocycles. The Bertz CT molecular complexity index is 733. The fraction of sp³-hybridized carbons (Fsp3) is 0.538. The van der Waals surface area contributed by atoms with E-state index in [-0.39, 0.29) is 24.0 Å². The molecule has 2 aliphatic rings. The van der Waals surface area contributed by atoms with Gasteiger partial charge in [-0.15, -0.1) is 0 Å². The van der Waals surface area contributed by atoms with Gasteiger partial charge in [0.05, 0.1) is 66.1 Å². The lowest BCUT2D eigenvalue weighted by atomic mass is 9.77. The van der Waals surface area contributed by atoms with E-state index in [0.29, 0.717) is 66.1 Å². The lowest BCUT2D eigenvalue weighted by molar-refractivity contribution is -0.212. The molecule has 0 saturated carbocycles. The highest BCUT2D eigenvalue weighted by Gasteiger charge is 2.35. The van der Waals surface area contributed by atoms with E-state index >= 15 is 0 Å². The van der Waals surface area contributed by atoms with Gasteiger partial charge in [-0.1, -0.05) is 60.7 Å². The monoisotopic (exact) mass is 442 g/mol. The maximum Gasteiger partial charge on any atom is 0.183 e. The second-order valence-electron chi connectivity index (χ2n) is 8.24. The first-order chi connectivity index (χ1) is 15.9. The first-order valence-corrected chi connectivity index (χ1v) is 11.6. The molecule has 4 rings (SSSR count). The molecule has 0 amide bonds. The van der Waals surface area contributed by atoms with Crippen LogP contribution in [0.15, 0.2) is 60.7 Å². The predicted molar refractivity (Wildman–Crippen MR) is 121 cm³/mol. The highest BCUT2D eigenvalue weighted by Crippen LogP contribution is 2.38. The topological polar surface area (TPSA) is 55.4 Å². The van der Waals surface area contributed by atoms with Gasteiger partial charge >= 0.3 is 0 Å². The average molecular weight is 443 g/mol.